The van der Waals surface area contributed by atoms with Crippen molar-refractivity contribution < 1.29 is 13.2 Å². The second-order valence-corrected chi connectivity index (χ2v) is 8.05. The lowest BCUT2D eigenvalue weighted by molar-refractivity contribution is 0.294. The lowest BCUT2D eigenvalue weighted by atomic mass is 9.87. The zero-order valence-electron chi connectivity index (χ0n) is 12.4. The molecule has 21 heavy (non-hydrogen) atoms. The van der Waals surface area contributed by atoms with Gasteiger partial charge in [-0.1, -0.05) is 0 Å². The summed E-state index contributed by atoms with van der Waals surface area (Å²) in [6, 6.07) is 3.15. The van der Waals surface area contributed by atoms with E-state index in [0.29, 0.717) is 19.0 Å². The molecule has 6 nitrogen and oxygen atoms in total. The zero-order chi connectivity index (χ0) is 15.1. The van der Waals surface area contributed by atoms with Gasteiger partial charge in [0, 0.05) is 25.7 Å². The lowest BCUT2D eigenvalue weighted by Crippen LogP contribution is -2.33. The number of pyridine rings is 1. The van der Waals surface area contributed by atoms with Crippen LogP contribution in [-0.4, -0.2) is 62.9 Å². The van der Waals surface area contributed by atoms with Gasteiger partial charge < -0.3 is 9.64 Å². The number of methoxy groups -OCH3 is 1. The Labute approximate surface area is 125 Å². The number of rotatable bonds is 3. The fourth-order valence-corrected chi connectivity index (χ4v) is 4.88. The van der Waals surface area contributed by atoms with Crippen molar-refractivity contribution in [3.05, 3.63) is 18.3 Å². The van der Waals surface area contributed by atoms with Gasteiger partial charge in [-0.25, -0.2) is 13.4 Å². The average Bonchev–Trinajstić information content (AvgIpc) is 3.06. The minimum atomic E-state index is -3.45. The Kier molecular flexibility index (Phi) is 3.67. The highest BCUT2D eigenvalue weighted by Gasteiger charge is 2.46. The van der Waals surface area contributed by atoms with Gasteiger partial charge in [-0.05, 0) is 37.9 Å². The number of likely N-dealkylation sites (tertiary alicyclic amines) is 1. The van der Waals surface area contributed by atoms with Crippen LogP contribution in [0.4, 0.5) is 0 Å². The fourth-order valence-electron chi connectivity index (χ4n) is 3.38. The van der Waals surface area contributed by atoms with E-state index in [1.54, 1.807) is 16.4 Å². The summed E-state index contributed by atoms with van der Waals surface area (Å²) in [5, 5.41) is 0. The van der Waals surface area contributed by atoms with Crippen molar-refractivity contribution in [2.75, 3.05) is 40.3 Å². The third kappa shape index (κ3) is 2.65. The molecule has 0 saturated carbocycles. The molecule has 0 N–H and O–H groups in total. The van der Waals surface area contributed by atoms with E-state index in [1.807, 2.05) is 0 Å². The molecule has 2 aliphatic heterocycles. The Hall–Kier alpha value is -1.18. The van der Waals surface area contributed by atoms with Gasteiger partial charge in [0.15, 0.2) is 0 Å². The van der Waals surface area contributed by atoms with E-state index in [0.717, 1.165) is 25.9 Å². The Morgan fingerprint density at radius 1 is 1.24 bits per heavy atom. The molecule has 2 aliphatic rings. The third-order valence-electron chi connectivity index (χ3n) is 4.59. The summed E-state index contributed by atoms with van der Waals surface area (Å²) in [6.07, 6.45) is 3.40. The molecule has 0 aromatic carbocycles. The van der Waals surface area contributed by atoms with Crippen molar-refractivity contribution in [2.45, 2.75) is 17.7 Å². The van der Waals surface area contributed by atoms with Gasteiger partial charge >= 0.3 is 0 Å². The average molecular weight is 311 g/mol. The van der Waals surface area contributed by atoms with Crippen LogP contribution in [0.1, 0.15) is 12.8 Å². The van der Waals surface area contributed by atoms with Gasteiger partial charge in [0.2, 0.25) is 15.9 Å². The maximum absolute atomic E-state index is 12.7. The highest BCUT2D eigenvalue weighted by atomic mass is 32.2. The molecule has 116 valence electrons. The van der Waals surface area contributed by atoms with Crippen LogP contribution in [0.5, 0.6) is 5.88 Å². The van der Waals surface area contributed by atoms with Crippen LogP contribution in [0.2, 0.25) is 0 Å². The first-order valence-electron chi connectivity index (χ1n) is 7.14. The monoisotopic (exact) mass is 311 g/mol. The van der Waals surface area contributed by atoms with E-state index >= 15 is 0 Å². The summed E-state index contributed by atoms with van der Waals surface area (Å²) >= 11 is 0. The maximum Gasteiger partial charge on any atom is 0.244 e. The summed E-state index contributed by atoms with van der Waals surface area (Å²) in [7, 11) is 0.160. The van der Waals surface area contributed by atoms with Gasteiger partial charge in [0.05, 0.1) is 13.3 Å². The SMILES string of the molecule is COc1ccc(S(=O)(=O)N2CCC3(CCN(C)C3)C2)cn1. The van der Waals surface area contributed by atoms with Crippen LogP contribution in [0.3, 0.4) is 0 Å². The zero-order valence-corrected chi connectivity index (χ0v) is 13.3. The Balaban J connectivity index is 1.79. The standard InChI is InChI=1S/C14H21N3O3S/c1-16-7-5-14(10-16)6-8-17(11-14)21(18,19)12-3-4-13(20-2)15-9-12/h3-4,9H,5-8,10-11H2,1-2H3. The molecule has 2 saturated heterocycles. The molecule has 0 radical (unpaired) electrons. The van der Waals surface area contributed by atoms with Crippen molar-refractivity contribution in [1.82, 2.24) is 14.2 Å². The third-order valence-corrected chi connectivity index (χ3v) is 6.42. The minimum Gasteiger partial charge on any atom is -0.481 e. The molecular weight excluding hydrogens is 290 g/mol. The van der Waals surface area contributed by atoms with Crippen LogP contribution in [0, 0.1) is 5.41 Å². The van der Waals surface area contributed by atoms with E-state index in [1.165, 1.54) is 13.3 Å². The van der Waals surface area contributed by atoms with Crippen molar-refractivity contribution in [3.63, 3.8) is 0 Å². The first-order valence-corrected chi connectivity index (χ1v) is 8.58. The summed E-state index contributed by atoms with van der Waals surface area (Å²) in [4.78, 5) is 6.52. The number of hydrogen-bond donors (Lipinski definition) is 0. The molecule has 0 amide bonds. The molecule has 2 fully saturated rings. The fraction of sp³-hybridized carbons (Fsp3) is 0.643. The number of ether oxygens (including phenoxy) is 1. The summed E-state index contributed by atoms with van der Waals surface area (Å²) in [5.74, 6) is 0.421. The molecule has 1 aromatic heterocycles. The quantitative estimate of drug-likeness (QED) is 0.826. The van der Waals surface area contributed by atoms with E-state index in [4.69, 9.17) is 4.74 Å². The molecule has 1 atom stereocenters. The maximum atomic E-state index is 12.7. The molecular formula is C14H21N3O3S. The predicted molar refractivity (Wildman–Crippen MR) is 78.7 cm³/mol. The Morgan fingerprint density at radius 3 is 2.57 bits per heavy atom. The smallest absolute Gasteiger partial charge is 0.244 e. The molecule has 0 bridgehead atoms. The second kappa shape index (κ2) is 5.23. The van der Waals surface area contributed by atoms with Crippen molar-refractivity contribution in [3.8, 4) is 5.88 Å². The van der Waals surface area contributed by atoms with Crippen LogP contribution in [0.15, 0.2) is 23.2 Å². The Bertz CT molecular complexity index is 617. The van der Waals surface area contributed by atoms with Gasteiger partial charge in [-0.15, -0.1) is 0 Å². The van der Waals surface area contributed by atoms with Crippen LogP contribution in [0.25, 0.3) is 0 Å². The molecule has 0 aliphatic carbocycles. The molecule has 3 heterocycles. The number of hydrogen-bond acceptors (Lipinski definition) is 5. The van der Waals surface area contributed by atoms with Crippen LogP contribution in [-0.2, 0) is 10.0 Å². The highest BCUT2D eigenvalue weighted by Crippen LogP contribution is 2.40. The molecule has 7 heteroatoms. The molecule has 1 unspecified atom stereocenters. The number of aromatic nitrogens is 1. The van der Waals surface area contributed by atoms with E-state index in [9.17, 15) is 8.42 Å². The van der Waals surface area contributed by atoms with Crippen LogP contribution >= 0.6 is 0 Å². The Morgan fingerprint density at radius 2 is 2.00 bits per heavy atom. The number of nitrogens with zero attached hydrogens (tertiary/aromatic N) is 3. The van der Waals surface area contributed by atoms with E-state index in [-0.39, 0.29) is 10.3 Å². The molecule has 1 spiro atoms. The first kappa shape index (κ1) is 14.7. The van der Waals surface area contributed by atoms with Gasteiger partial charge in [0.1, 0.15) is 4.90 Å². The van der Waals surface area contributed by atoms with E-state index in [2.05, 4.69) is 16.9 Å². The van der Waals surface area contributed by atoms with Gasteiger partial charge in [0.25, 0.3) is 0 Å². The van der Waals surface area contributed by atoms with E-state index < -0.39 is 10.0 Å². The van der Waals surface area contributed by atoms with Gasteiger partial charge in [-0.3, -0.25) is 0 Å². The van der Waals surface area contributed by atoms with Crippen molar-refractivity contribution in [1.29, 1.82) is 0 Å². The molecule has 1 aromatic rings. The van der Waals surface area contributed by atoms with Gasteiger partial charge in [-0.2, -0.15) is 4.31 Å². The van der Waals surface area contributed by atoms with Crippen molar-refractivity contribution in [2.24, 2.45) is 5.41 Å². The minimum absolute atomic E-state index is 0.141. The normalized spacial score (nSPS) is 27.5. The molecule has 3 rings (SSSR count). The first-order chi connectivity index (χ1) is 9.95. The topological polar surface area (TPSA) is 62.7 Å². The van der Waals surface area contributed by atoms with Crippen molar-refractivity contribution >= 4 is 10.0 Å². The second-order valence-electron chi connectivity index (χ2n) is 6.11. The largest absolute Gasteiger partial charge is 0.481 e. The lowest BCUT2D eigenvalue weighted by Gasteiger charge is -2.23. The summed E-state index contributed by atoms with van der Waals surface area (Å²) in [5.41, 5.74) is 0.141. The predicted octanol–water partition coefficient (Wildman–Crippen LogP) is 0.806. The highest BCUT2D eigenvalue weighted by molar-refractivity contribution is 7.89. The van der Waals surface area contributed by atoms with Crippen LogP contribution < -0.4 is 4.74 Å². The summed E-state index contributed by atoms with van der Waals surface area (Å²) in [6.45, 7) is 3.26. The number of sulfonamides is 1. The summed E-state index contributed by atoms with van der Waals surface area (Å²) < 4.78 is 32.0.